The number of hydrogen-bond acceptors (Lipinski definition) is 5. The van der Waals surface area contributed by atoms with E-state index in [0.29, 0.717) is 18.0 Å². The normalized spacial score (nSPS) is 15.2. The minimum absolute atomic E-state index is 0.0693. The largest absolute Gasteiger partial charge is 0.465 e. The van der Waals surface area contributed by atoms with Crippen LogP contribution in [0.5, 0.6) is 0 Å². The third-order valence-electron chi connectivity index (χ3n) is 7.63. The van der Waals surface area contributed by atoms with Gasteiger partial charge >= 0.3 is 5.97 Å². The molecule has 1 aliphatic rings. The molecule has 0 saturated carbocycles. The number of aliphatic hydroxyl groups is 1. The van der Waals surface area contributed by atoms with Gasteiger partial charge in [-0.3, -0.25) is 0 Å². The number of ether oxygens (including phenoxy) is 2. The van der Waals surface area contributed by atoms with Gasteiger partial charge in [0, 0.05) is 12.1 Å². The number of carbonyl (C=O) groups is 1. The number of esters is 1. The standard InChI is InChI=1S/C33H41NO4/c1-22-16-27(14-15-29(22)32(36)37-5)31-13-9-8-12-30(31)23(2)38-21-28(35)20-34-33(3,4)19-24-17-25-10-6-7-11-26(25)18-24/h6-16,23-24,28,34-35H,17-21H2,1-5H3/t23-,28+/m1/s1. The van der Waals surface area contributed by atoms with Gasteiger partial charge in [-0.25, -0.2) is 4.79 Å². The Labute approximate surface area is 227 Å². The van der Waals surface area contributed by atoms with Gasteiger partial charge in [-0.05, 0) is 92.3 Å². The Bertz CT molecular complexity index is 1230. The van der Waals surface area contributed by atoms with Crippen LogP contribution in [0.3, 0.4) is 0 Å². The lowest BCUT2D eigenvalue weighted by Gasteiger charge is -2.31. The van der Waals surface area contributed by atoms with E-state index in [4.69, 9.17) is 9.47 Å². The van der Waals surface area contributed by atoms with E-state index in [-0.39, 0.29) is 24.2 Å². The van der Waals surface area contributed by atoms with Crippen LogP contribution in [0.2, 0.25) is 0 Å². The zero-order valence-corrected chi connectivity index (χ0v) is 23.3. The second kappa shape index (κ2) is 12.2. The Morgan fingerprint density at radius 2 is 1.71 bits per heavy atom. The van der Waals surface area contributed by atoms with E-state index in [2.05, 4.69) is 55.6 Å². The van der Waals surface area contributed by atoms with Crippen molar-refractivity contribution in [2.45, 2.75) is 64.7 Å². The zero-order chi connectivity index (χ0) is 27.3. The number of β-amino-alcohol motifs (C(OH)–C–C–N with tert-alkyl or cyclic N) is 1. The summed E-state index contributed by atoms with van der Waals surface area (Å²) in [4.78, 5) is 12.0. The first-order chi connectivity index (χ1) is 18.2. The summed E-state index contributed by atoms with van der Waals surface area (Å²) in [5, 5.41) is 14.3. The number of hydrogen-bond donors (Lipinski definition) is 2. The van der Waals surface area contributed by atoms with E-state index in [1.807, 2.05) is 38.1 Å². The third-order valence-corrected chi connectivity index (χ3v) is 7.63. The SMILES string of the molecule is COC(=O)c1ccc(-c2ccccc2[C@@H](C)OC[C@@H](O)CNC(C)(C)CC2Cc3ccccc3C2)cc1C. The number of carbonyl (C=O) groups excluding carboxylic acids is 1. The first-order valence-electron chi connectivity index (χ1n) is 13.6. The molecule has 38 heavy (non-hydrogen) atoms. The predicted molar refractivity (Wildman–Crippen MR) is 152 cm³/mol. The first kappa shape index (κ1) is 28.0. The van der Waals surface area contributed by atoms with Crippen LogP contribution >= 0.6 is 0 Å². The lowest BCUT2D eigenvalue weighted by Crippen LogP contribution is -2.45. The maximum absolute atomic E-state index is 12.0. The van der Waals surface area contributed by atoms with Crippen LogP contribution in [-0.2, 0) is 22.3 Å². The molecule has 0 saturated heterocycles. The molecular formula is C33H41NO4. The summed E-state index contributed by atoms with van der Waals surface area (Å²) >= 11 is 0. The van der Waals surface area contributed by atoms with Crippen molar-refractivity contribution in [3.8, 4) is 11.1 Å². The Hall–Kier alpha value is -2.99. The van der Waals surface area contributed by atoms with Crippen molar-refractivity contribution >= 4 is 5.97 Å². The van der Waals surface area contributed by atoms with Gasteiger partial charge < -0.3 is 19.9 Å². The fraction of sp³-hybridized carbons (Fsp3) is 0.424. The van der Waals surface area contributed by atoms with Crippen LogP contribution in [0.1, 0.15) is 65.9 Å². The van der Waals surface area contributed by atoms with Gasteiger partial charge in [-0.2, -0.15) is 0 Å². The van der Waals surface area contributed by atoms with Crippen molar-refractivity contribution < 1.29 is 19.4 Å². The van der Waals surface area contributed by atoms with Crippen LogP contribution in [-0.4, -0.2) is 43.0 Å². The summed E-state index contributed by atoms with van der Waals surface area (Å²) in [5.41, 5.74) is 7.41. The van der Waals surface area contributed by atoms with Gasteiger partial charge in [0.15, 0.2) is 0 Å². The second-order valence-corrected chi connectivity index (χ2v) is 11.2. The van der Waals surface area contributed by atoms with E-state index < -0.39 is 6.10 Å². The molecule has 202 valence electrons. The lowest BCUT2D eigenvalue weighted by atomic mass is 9.88. The summed E-state index contributed by atoms with van der Waals surface area (Å²) in [6, 6.07) is 22.6. The Kier molecular flexibility index (Phi) is 9.03. The molecule has 2 N–H and O–H groups in total. The van der Waals surface area contributed by atoms with Crippen molar-refractivity contribution in [2.24, 2.45) is 5.92 Å². The molecule has 0 radical (unpaired) electrons. The topological polar surface area (TPSA) is 67.8 Å². The highest BCUT2D eigenvalue weighted by Crippen LogP contribution is 2.33. The fourth-order valence-electron chi connectivity index (χ4n) is 5.67. The molecule has 0 unspecified atom stereocenters. The molecule has 1 aliphatic carbocycles. The number of aryl methyl sites for hydroxylation is 1. The first-order valence-corrected chi connectivity index (χ1v) is 13.6. The summed E-state index contributed by atoms with van der Waals surface area (Å²) < 4.78 is 11.0. The maximum Gasteiger partial charge on any atom is 0.338 e. The van der Waals surface area contributed by atoms with E-state index in [0.717, 1.165) is 41.5 Å². The minimum atomic E-state index is -0.605. The molecule has 0 spiro atoms. The van der Waals surface area contributed by atoms with Crippen LogP contribution < -0.4 is 5.32 Å². The fourth-order valence-corrected chi connectivity index (χ4v) is 5.67. The van der Waals surface area contributed by atoms with Crippen molar-refractivity contribution in [2.75, 3.05) is 20.3 Å². The third kappa shape index (κ3) is 6.90. The van der Waals surface area contributed by atoms with Crippen molar-refractivity contribution in [1.29, 1.82) is 0 Å². The van der Waals surface area contributed by atoms with E-state index in [1.54, 1.807) is 6.07 Å². The summed E-state index contributed by atoms with van der Waals surface area (Å²) in [6.07, 6.45) is 2.52. The van der Waals surface area contributed by atoms with Crippen molar-refractivity contribution in [1.82, 2.24) is 5.32 Å². The van der Waals surface area contributed by atoms with Gasteiger partial charge in [0.25, 0.3) is 0 Å². The Balaban J connectivity index is 1.31. The molecule has 0 fully saturated rings. The number of fused-ring (bicyclic) bond motifs is 1. The average Bonchev–Trinajstić information content (AvgIpc) is 3.31. The molecule has 4 rings (SSSR count). The highest BCUT2D eigenvalue weighted by molar-refractivity contribution is 5.91. The number of nitrogens with one attached hydrogen (secondary N) is 1. The van der Waals surface area contributed by atoms with Crippen LogP contribution in [0.25, 0.3) is 11.1 Å². The molecular weight excluding hydrogens is 474 g/mol. The minimum Gasteiger partial charge on any atom is -0.465 e. The molecule has 0 amide bonds. The van der Waals surface area contributed by atoms with Gasteiger partial charge in [0.2, 0.25) is 0 Å². The van der Waals surface area contributed by atoms with Gasteiger partial charge in [0.1, 0.15) is 0 Å². The van der Waals surface area contributed by atoms with Crippen molar-refractivity contribution in [3.05, 3.63) is 94.5 Å². The highest BCUT2D eigenvalue weighted by Gasteiger charge is 2.28. The molecule has 0 heterocycles. The Morgan fingerprint density at radius 3 is 2.37 bits per heavy atom. The molecule has 5 nitrogen and oxygen atoms in total. The summed E-state index contributed by atoms with van der Waals surface area (Å²) in [6.45, 7) is 9.08. The van der Waals surface area contributed by atoms with Crippen LogP contribution in [0.4, 0.5) is 0 Å². The van der Waals surface area contributed by atoms with Gasteiger partial charge in [-0.15, -0.1) is 0 Å². The van der Waals surface area contributed by atoms with E-state index >= 15 is 0 Å². The smallest absolute Gasteiger partial charge is 0.338 e. The van der Waals surface area contributed by atoms with E-state index in [9.17, 15) is 9.90 Å². The molecule has 3 aromatic carbocycles. The predicted octanol–water partition coefficient (Wildman–Crippen LogP) is 6.06. The molecule has 3 aromatic rings. The Morgan fingerprint density at radius 1 is 1.05 bits per heavy atom. The molecule has 5 heteroatoms. The highest BCUT2D eigenvalue weighted by atomic mass is 16.5. The number of rotatable bonds is 11. The lowest BCUT2D eigenvalue weighted by molar-refractivity contribution is -0.00440. The number of benzene rings is 3. The summed E-state index contributed by atoms with van der Waals surface area (Å²) in [7, 11) is 1.39. The van der Waals surface area contributed by atoms with Gasteiger partial charge in [0.05, 0.1) is 31.5 Å². The van der Waals surface area contributed by atoms with E-state index in [1.165, 1.54) is 18.2 Å². The maximum atomic E-state index is 12.0. The quantitative estimate of drug-likeness (QED) is 0.304. The molecule has 2 atom stereocenters. The van der Waals surface area contributed by atoms with Crippen molar-refractivity contribution in [3.63, 3.8) is 0 Å². The molecule has 0 bridgehead atoms. The number of methoxy groups -OCH3 is 1. The van der Waals surface area contributed by atoms with Gasteiger partial charge in [-0.1, -0.05) is 60.7 Å². The molecule has 0 aromatic heterocycles. The number of aliphatic hydroxyl groups excluding tert-OH is 1. The second-order valence-electron chi connectivity index (χ2n) is 11.2. The monoisotopic (exact) mass is 515 g/mol. The van der Waals surface area contributed by atoms with Crippen LogP contribution in [0, 0.1) is 12.8 Å². The van der Waals surface area contributed by atoms with Crippen LogP contribution in [0.15, 0.2) is 66.7 Å². The summed E-state index contributed by atoms with van der Waals surface area (Å²) in [5.74, 6) is 0.295. The molecule has 0 aliphatic heterocycles. The average molecular weight is 516 g/mol. The zero-order valence-electron chi connectivity index (χ0n) is 23.3.